The highest BCUT2D eigenvalue weighted by molar-refractivity contribution is 8.05. The van der Waals surface area contributed by atoms with Crippen molar-refractivity contribution in [2.24, 2.45) is 0 Å². The number of nitrogen functional groups attached to an aromatic ring is 1. The molecule has 6 heteroatoms. The average Bonchev–Trinajstić information content (AvgIpc) is 2.65. The molecule has 1 aromatic carbocycles. The molecule has 0 aromatic heterocycles. The van der Waals surface area contributed by atoms with E-state index < -0.39 is 15.8 Å². The van der Waals surface area contributed by atoms with Crippen LogP contribution >= 0.6 is 0 Å². The normalized spacial score (nSPS) is 16.9. The number of benzene rings is 1. The third-order valence-corrected chi connectivity index (χ3v) is 4.38. The molecular weight excluding hydrogens is 254 g/mol. The van der Waals surface area contributed by atoms with Gasteiger partial charge in [-0.2, -0.15) is 0 Å². The summed E-state index contributed by atoms with van der Waals surface area (Å²) in [5.41, 5.74) is 6.56. The molecule has 1 aliphatic heterocycles. The van der Waals surface area contributed by atoms with E-state index in [0.29, 0.717) is 11.3 Å². The van der Waals surface area contributed by atoms with Crippen molar-refractivity contribution in [1.82, 2.24) is 0 Å². The summed E-state index contributed by atoms with van der Waals surface area (Å²) in [5, 5.41) is 0. The molecule has 0 radical (unpaired) electrons. The molecular formula is C12H11NO4S. The number of hydrogen-bond donors (Lipinski definition) is 1. The van der Waals surface area contributed by atoms with Gasteiger partial charge in [-0.25, -0.2) is 13.2 Å². The number of anilines is 1. The van der Waals surface area contributed by atoms with E-state index in [0.717, 1.165) is 7.11 Å². The maximum Gasteiger partial charge on any atom is 0.349 e. The van der Waals surface area contributed by atoms with Gasteiger partial charge in [0.25, 0.3) is 0 Å². The maximum absolute atomic E-state index is 12.1. The van der Waals surface area contributed by atoms with Crippen molar-refractivity contribution < 1.29 is 17.9 Å². The lowest BCUT2D eigenvalue weighted by Gasteiger charge is -2.06. The number of methoxy groups -OCH3 is 1. The Morgan fingerprint density at radius 2 is 1.78 bits per heavy atom. The first-order chi connectivity index (χ1) is 8.46. The maximum atomic E-state index is 12.1. The van der Waals surface area contributed by atoms with Crippen LogP contribution in [0.3, 0.4) is 0 Å². The van der Waals surface area contributed by atoms with E-state index in [1.54, 1.807) is 24.3 Å². The summed E-state index contributed by atoms with van der Waals surface area (Å²) >= 11 is 0. The monoisotopic (exact) mass is 265 g/mol. The molecule has 0 fully saturated rings. The van der Waals surface area contributed by atoms with Gasteiger partial charge >= 0.3 is 5.97 Å². The second-order valence-electron chi connectivity index (χ2n) is 3.68. The number of ether oxygens (including phenoxy) is 1. The number of hydrogen-bond acceptors (Lipinski definition) is 5. The van der Waals surface area contributed by atoms with Crippen molar-refractivity contribution in [1.29, 1.82) is 0 Å². The SMILES string of the molecule is COC(=O)C1=CC=C(c2ccc(N)cc2)S1(=O)=O. The minimum atomic E-state index is -3.80. The molecule has 5 nitrogen and oxygen atoms in total. The Balaban J connectivity index is 2.41. The van der Waals surface area contributed by atoms with Crippen molar-refractivity contribution in [3.63, 3.8) is 0 Å². The fraction of sp³-hybridized carbons (Fsp3) is 0.0833. The Kier molecular flexibility index (Phi) is 2.96. The van der Waals surface area contributed by atoms with E-state index in [4.69, 9.17) is 5.73 Å². The predicted molar refractivity (Wildman–Crippen MR) is 67.9 cm³/mol. The third kappa shape index (κ3) is 1.91. The van der Waals surface area contributed by atoms with Gasteiger partial charge in [-0.05, 0) is 29.8 Å². The van der Waals surface area contributed by atoms with Crippen molar-refractivity contribution in [3.8, 4) is 0 Å². The fourth-order valence-electron chi connectivity index (χ4n) is 1.63. The Bertz CT molecular complexity index is 654. The van der Waals surface area contributed by atoms with Crippen molar-refractivity contribution in [2.45, 2.75) is 0 Å². The average molecular weight is 265 g/mol. The molecule has 0 amide bonds. The summed E-state index contributed by atoms with van der Waals surface area (Å²) in [4.78, 5) is 11.1. The van der Waals surface area contributed by atoms with Crippen LogP contribution in [0.15, 0.2) is 41.3 Å². The van der Waals surface area contributed by atoms with Crippen molar-refractivity contribution in [3.05, 3.63) is 46.9 Å². The van der Waals surface area contributed by atoms with Gasteiger partial charge < -0.3 is 10.5 Å². The molecule has 1 aromatic rings. The second kappa shape index (κ2) is 4.30. The van der Waals surface area contributed by atoms with Crippen molar-refractivity contribution >= 4 is 26.4 Å². The molecule has 2 rings (SSSR count). The summed E-state index contributed by atoms with van der Waals surface area (Å²) in [5.74, 6) is -0.864. The number of rotatable bonds is 2. The van der Waals surface area contributed by atoms with Crippen LogP contribution in [-0.2, 0) is 19.4 Å². The Hall–Kier alpha value is -2.08. The third-order valence-electron chi connectivity index (χ3n) is 2.55. The van der Waals surface area contributed by atoms with Gasteiger partial charge in [-0.3, -0.25) is 0 Å². The molecule has 0 aliphatic carbocycles. The van der Waals surface area contributed by atoms with E-state index in [1.165, 1.54) is 12.2 Å². The van der Waals surface area contributed by atoms with Crippen molar-refractivity contribution in [2.75, 3.05) is 12.8 Å². The molecule has 0 spiro atoms. The zero-order valence-corrected chi connectivity index (χ0v) is 10.4. The zero-order chi connectivity index (χ0) is 13.3. The smallest absolute Gasteiger partial charge is 0.349 e. The van der Waals surface area contributed by atoms with Crippen LogP contribution in [0.5, 0.6) is 0 Å². The number of allylic oxidation sites excluding steroid dienone is 2. The minimum Gasteiger partial charge on any atom is -0.465 e. The van der Waals surface area contributed by atoms with Crippen LogP contribution in [0.1, 0.15) is 5.56 Å². The highest BCUT2D eigenvalue weighted by Crippen LogP contribution is 2.33. The van der Waals surface area contributed by atoms with Gasteiger partial charge in [0, 0.05) is 5.69 Å². The summed E-state index contributed by atoms with van der Waals surface area (Å²) in [7, 11) is -2.66. The standard InChI is InChI=1S/C12H11NO4S/c1-17-12(14)11-7-6-10(18(11,15)16)8-2-4-9(13)5-3-8/h2-7H,13H2,1H3. The van der Waals surface area contributed by atoms with E-state index in [2.05, 4.69) is 4.74 Å². The molecule has 0 saturated carbocycles. The van der Waals surface area contributed by atoms with Crippen LogP contribution in [0, 0.1) is 0 Å². The predicted octanol–water partition coefficient (Wildman–Crippen LogP) is 1.09. The first-order valence-corrected chi connectivity index (χ1v) is 6.56. The minimum absolute atomic E-state index is 0.0721. The van der Waals surface area contributed by atoms with Crippen LogP contribution in [0.4, 0.5) is 5.69 Å². The van der Waals surface area contributed by atoms with E-state index in [9.17, 15) is 13.2 Å². The van der Waals surface area contributed by atoms with Gasteiger partial charge in [0.1, 0.15) is 0 Å². The number of sulfone groups is 1. The Morgan fingerprint density at radius 3 is 2.33 bits per heavy atom. The van der Waals surface area contributed by atoms with Crippen LogP contribution in [0.2, 0.25) is 0 Å². The van der Waals surface area contributed by atoms with E-state index in [-0.39, 0.29) is 9.81 Å². The molecule has 0 bridgehead atoms. The Morgan fingerprint density at radius 1 is 1.17 bits per heavy atom. The quantitative estimate of drug-likeness (QED) is 0.639. The van der Waals surface area contributed by atoms with E-state index in [1.807, 2.05) is 0 Å². The van der Waals surface area contributed by atoms with Gasteiger partial charge in [-0.15, -0.1) is 0 Å². The van der Waals surface area contributed by atoms with Gasteiger partial charge in [0.05, 0.1) is 12.0 Å². The zero-order valence-electron chi connectivity index (χ0n) is 9.58. The molecule has 0 atom stereocenters. The summed E-state index contributed by atoms with van der Waals surface area (Å²) in [6.07, 6.45) is 2.62. The fourth-order valence-corrected chi connectivity index (χ4v) is 3.11. The molecule has 94 valence electrons. The summed E-state index contributed by atoms with van der Waals surface area (Å²) < 4.78 is 28.7. The number of nitrogens with two attached hydrogens (primary N) is 1. The van der Waals surface area contributed by atoms with Gasteiger partial charge in [0.15, 0.2) is 4.91 Å². The number of carbonyl (C=O) groups excluding carboxylic acids is 1. The lowest BCUT2D eigenvalue weighted by Crippen LogP contribution is -2.13. The lowest BCUT2D eigenvalue weighted by molar-refractivity contribution is -0.135. The number of carbonyl (C=O) groups is 1. The lowest BCUT2D eigenvalue weighted by atomic mass is 10.2. The van der Waals surface area contributed by atoms with Crippen LogP contribution in [0.25, 0.3) is 4.91 Å². The van der Waals surface area contributed by atoms with Gasteiger partial charge in [-0.1, -0.05) is 12.1 Å². The molecule has 1 heterocycles. The molecule has 1 aliphatic rings. The first kappa shape index (κ1) is 12.4. The molecule has 0 saturated heterocycles. The summed E-state index contributed by atoms with van der Waals surface area (Å²) in [6.45, 7) is 0. The van der Waals surface area contributed by atoms with E-state index >= 15 is 0 Å². The Labute approximate surface area is 104 Å². The summed E-state index contributed by atoms with van der Waals surface area (Å²) in [6, 6.07) is 6.38. The van der Waals surface area contributed by atoms with Crippen LogP contribution < -0.4 is 5.73 Å². The number of esters is 1. The largest absolute Gasteiger partial charge is 0.465 e. The molecule has 0 unspecified atom stereocenters. The molecule has 2 N–H and O–H groups in total. The first-order valence-electron chi connectivity index (χ1n) is 5.08. The second-order valence-corrected chi connectivity index (χ2v) is 5.57. The molecule has 18 heavy (non-hydrogen) atoms. The van der Waals surface area contributed by atoms with Crippen LogP contribution in [-0.4, -0.2) is 21.5 Å². The highest BCUT2D eigenvalue weighted by Gasteiger charge is 2.33. The topological polar surface area (TPSA) is 86.5 Å². The van der Waals surface area contributed by atoms with Gasteiger partial charge in [0.2, 0.25) is 9.84 Å². The highest BCUT2D eigenvalue weighted by atomic mass is 32.2.